The number of carbonyl (C=O) groups excluding carboxylic acids is 2. The molecule has 0 bridgehead atoms. The standard InChI is InChI=1S/C6H8N2O4/c9-4-2-7-3(1-5(10)11)6(12)8-4/h3,7H,1-2H2,(H,10,11)(H,8,9,12)/t3-/m0/s1. The smallest absolute Gasteiger partial charge is 0.305 e. The Balaban J connectivity index is 2.51. The monoisotopic (exact) mass is 172 g/mol. The van der Waals surface area contributed by atoms with E-state index in [-0.39, 0.29) is 13.0 Å². The molecule has 0 radical (unpaired) electrons. The maximum absolute atomic E-state index is 10.9. The Morgan fingerprint density at radius 3 is 2.75 bits per heavy atom. The van der Waals surface area contributed by atoms with Crippen LogP contribution in [0.5, 0.6) is 0 Å². The van der Waals surface area contributed by atoms with Crippen LogP contribution < -0.4 is 10.6 Å². The number of carboxylic acid groups (broad SMARTS) is 1. The molecule has 1 rings (SSSR count). The lowest BCUT2D eigenvalue weighted by Crippen LogP contribution is -2.56. The van der Waals surface area contributed by atoms with E-state index in [9.17, 15) is 14.4 Å². The first-order valence-electron chi connectivity index (χ1n) is 3.38. The Kier molecular flexibility index (Phi) is 2.39. The van der Waals surface area contributed by atoms with Crippen LogP contribution >= 0.6 is 0 Å². The SMILES string of the molecule is O=C(O)C[C@@H]1NCC(=O)NC1=O. The minimum Gasteiger partial charge on any atom is -0.481 e. The number of rotatable bonds is 2. The average Bonchev–Trinajstić information content (AvgIpc) is 1.94. The Hall–Kier alpha value is -1.43. The number of imide groups is 1. The summed E-state index contributed by atoms with van der Waals surface area (Å²) in [5.41, 5.74) is 0. The molecule has 6 heteroatoms. The molecular weight excluding hydrogens is 164 g/mol. The van der Waals surface area contributed by atoms with Crippen LogP contribution in [0, 0.1) is 0 Å². The molecule has 0 aliphatic carbocycles. The first kappa shape index (κ1) is 8.66. The summed E-state index contributed by atoms with van der Waals surface area (Å²) in [5, 5.41) is 12.9. The van der Waals surface area contributed by atoms with Crippen molar-refractivity contribution in [2.45, 2.75) is 12.5 Å². The number of piperazine rings is 1. The summed E-state index contributed by atoms with van der Waals surface area (Å²) in [6.45, 7) is -0.0102. The van der Waals surface area contributed by atoms with Crippen LogP contribution in [-0.2, 0) is 14.4 Å². The second kappa shape index (κ2) is 3.31. The van der Waals surface area contributed by atoms with Crippen molar-refractivity contribution in [3.8, 4) is 0 Å². The van der Waals surface area contributed by atoms with Crippen molar-refractivity contribution in [1.82, 2.24) is 10.6 Å². The molecule has 0 aromatic rings. The molecule has 0 saturated carbocycles. The Morgan fingerprint density at radius 2 is 2.25 bits per heavy atom. The third-order valence-corrected chi connectivity index (χ3v) is 1.47. The second-order valence-corrected chi connectivity index (χ2v) is 2.44. The van der Waals surface area contributed by atoms with Gasteiger partial charge in [0.2, 0.25) is 11.8 Å². The third-order valence-electron chi connectivity index (χ3n) is 1.47. The van der Waals surface area contributed by atoms with E-state index < -0.39 is 23.8 Å². The van der Waals surface area contributed by atoms with Crippen LogP contribution in [-0.4, -0.2) is 35.5 Å². The summed E-state index contributed by atoms with van der Waals surface area (Å²) in [7, 11) is 0. The average molecular weight is 172 g/mol. The van der Waals surface area contributed by atoms with Gasteiger partial charge in [0.1, 0.15) is 0 Å². The topological polar surface area (TPSA) is 95.5 Å². The van der Waals surface area contributed by atoms with Gasteiger partial charge in [-0.15, -0.1) is 0 Å². The number of amides is 2. The molecular formula is C6H8N2O4. The summed E-state index contributed by atoms with van der Waals surface area (Å²) in [6.07, 6.45) is -0.306. The lowest BCUT2D eigenvalue weighted by atomic mass is 10.1. The van der Waals surface area contributed by atoms with Crippen LogP contribution in [0.3, 0.4) is 0 Å². The molecule has 1 aliphatic heterocycles. The van der Waals surface area contributed by atoms with Gasteiger partial charge in [-0.3, -0.25) is 25.0 Å². The van der Waals surface area contributed by atoms with Crippen molar-refractivity contribution < 1.29 is 19.5 Å². The van der Waals surface area contributed by atoms with Gasteiger partial charge in [-0.25, -0.2) is 0 Å². The van der Waals surface area contributed by atoms with E-state index in [0.717, 1.165) is 0 Å². The molecule has 0 aromatic heterocycles. The van der Waals surface area contributed by atoms with Crippen molar-refractivity contribution in [2.75, 3.05) is 6.54 Å². The van der Waals surface area contributed by atoms with Crippen molar-refractivity contribution in [1.29, 1.82) is 0 Å². The van der Waals surface area contributed by atoms with Crippen LogP contribution in [0.2, 0.25) is 0 Å². The fraction of sp³-hybridized carbons (Fsp3) is 0.500. The largest absolute Gasteiger partial charge is 0.481 e. The molecule has 0 aromatic carbocycles. The quantitative estimate of drug-likeness (QED) is 0.422. The molecule has 0 unspecified atom stereocenters. The Morgan fingerprint density at radius 1 is 1.58 bits per heavy atom. The normalized spacial score (nSPS) is 23.5. The molecule has 3 N–H and O–H groups in total. The molecule has 12 heavy (non-hydrogen) atoms. The molecule has 1 atom stereocenters. The van der Waals surface area contributed by atoms with Gasteiger partial charge in [0.15, 0.2) is 0 Å². The highest BCUT2D eigenvalue weighted by atomic mass is 16.4. The van der Waals surface area contributed by atoms with E-state index in [1.807, 2.05) is 5.32 Å². The van der Waals surface area contributed by atoms with Gasteiger partial charge in [-0.2, -0.15) is 0 Å². The van der Waals surface area contributed by atoms with E-state index in [4.69, 9.17) is 5.11 Å². The van der Waals surface area contributed by atoms with Gasteiger partial charge >= 0.3 is 5.97 Å². The number of hydrogen-bond acceptors (Lipinski definition) is 4. The number of nitrogens with one attached hydrogen (secondary N) is 2. The van der Waals surface area contributed by atoms with E-state index in [2.05, 4.69) is 5.32 Å². The number of carbonyl (C=O) groups is 3. The fourth-order valence-corrected chi connectivity index (χ4v) is 0.917. The fourth-order valence-electron chi connectivity index (χ4n) is 0.917. The predicted molar refractivity (Wildman–Crippen MR) is 37.2 cm³/mol. The Bertz CT molecular complexity index is 238. The van der Waals surface area contributed by atoms with E-state index in [1.165, 1.54) is 0 Å². The van der Waals surface area contributed by atoms with Gasteiger partial charge in [0.25, 0.3) is 0 Å². The van der Waals surface area contributed by atoms with Crippen LogP contribution in [0.1, 0.15) is 6.42 Å². The van der Waals surface area contributed by atoms with Gasteiger partial charge in [-0.05, 0) is 0 Å². The van der Waals surface area contributed by atoms with Gasteiger partial charge in [0.05, 0.1) is 19.0 Å². The van der Waals surface area contributed by atoms with Crippen LogP contribution in [0.25, 0.3) is 0 Å². The molecule has 1 saturated heterocycles. The first-order valence-corrected chi connectivity index (χ1v) is 3.38. The lowest BCUT2D eigenvalue weighted by Gasteiger charge is -2.20. The van der Waals surface area contributed by atoms with Gasteiger partial charge in [-0.1, -0.05) is 0 Å². The van der Waals surface area contributed by atoms with Crippen LogP contribution in [0.4, 0.5) is 0 Å². The van der Waals surface area contributed by atoms with E-state index in [0.29, 0.717) is 0 Å². The first-order chi connectivity index (χ1) is 5.59. The maximum Gasteiger partial charge on any atom is 0.305 e. The molecule has 1 aliphatic rings. The van der Waals surface area contributed by atoms with E-state index >= 15 is 0 Å². The number of hydrogen-bond donors (Lipinski definition) is 3. The number of aliphatic carboxylic acids is 1. The maximum atomic E-state index is 10.9. The molecule has 1 heterocycles. The highest BCUT2D eigenvalue weighted by Crippen LogP contribution is 1.95. The molecule has 2 amide bonds. The molecule has 1 fully saturated rings. The minimum absolute atomic E-state index is 0.0102. The minimum atomic E-state index is -1.07. The third kappa shape index (κ3) is 2.03. The molecule has 6 nitrogen and oxygen atoms in total. The summed E-state index contributed by atoms with van der Waals surface area (Å²) < 4.78 is 0. The number of carboxylic acids is 1. The van der Waals surface area contributed by atoms with E-state index in [1.54, 1.807) is 0 Å². The summed E-state index contributed by atoms with van der Waals surface area (Å²) in [4.78, 5) is 31.6. The summed E-state index contributed by atoms with van der Waals surface area (Å²) >= 11 is 0. The lowest BCUT2D eigenvalue weighted by molar-refractivity contribution is -0.142. The van der Waals surface area contributed by atoms with Crippen molar-refractivity contribution in [2.24, 2.45) is 0 Å². The predicted octanol–water partition coefficient (Wildman–Crippen LogP) is -1.92. The molecule has 66 valence electrons. The highest BCUT2D eigenvalue weighted by Gasteiger charge is 2.27. The second-order valence-electron chi connectivity index (χ2n) is 2.44. The zero-order valence-corrected chi connectivity index (χ0v) is 6.16. The van der Waals surface area contributed by atoms with Gasteiger partial charge < -0.3 is 5.11 Å². The Labute approximate surface area is 67.9 Å². The summed E-state index contributed by atoms with van der Waals surface area (Å²) in [6, 6.07) is -0.791. The van der Waals surface area contributed by atoms with Crippen LogP contribution in [0.15, 0.2) is 0 Å². The van der Waals surface area contributed by atoms with Gasteiger partial charge in [0, 0.05) is 0 Å². The van der Waals surface area contributed by atoms with Crippen molar-refractivity contribution in [3.05, 3.63) is 0 Å². The summed E-state index contributed by atoms with van der Waals surface area (Å²) in [5.74, 6) is -2.08. The van der Waals surface area contributed by atoms with Crippen molar-refractivity contribution in [3.63, 3.8) is 0 Å². The zero-order chi connectivity index (χ0) is 9.14. The van der Waals surface area contributed by atoms with Crippen molar-refractivity contribution >= 4 is 17.8 Å². The molecule has 0 spiro atoms. The highest BCUT2D eigenvalue weighted by molar-refractivity contribution is 6.02. The zero-order valence-electron chi connectivity index (χ0n) is 6.16.